The minimum Gasteiger partial charge on any atom is -0.388 e. The van der Waals surface area contributed by atoms with Crippen molar-refractivity contribution >= 4 is 5.91 Å². The van der Waals surface area contributed by atoms with Gasteiger partial charge in [0, 0.05) is 57.8 Å². The van der Waals surface area contributed by atoms with Gasteiger partial charge in [-0.25, -0.2) is 0 Å². The summed E-state index contributed by atoms with van der Waals surface area (Å²) in [6.07, 6.45) is 1.71. The lowest BCUT2D eigenvalue weighted by atomic mass is 9.90. The van der Waals surface area contributed by atoms with Gasteiger partial charge in [-0.05, 0) is 26.7 Å². The first-order chi connectivity index (χ1) is 10.3. The highest BCUT2D eigenvalue weighted by Gasteiger charge is 2.35. The molecular formula is C17H33N3O2. The van der Waals surface area contributed by atoms with Crippen LogP contribution in [0.1, 0.15) is 40.5 Å². The zero-order chi connectivity index (χ0) is 16.3. The van der Waals surface area contributed by atoms with Crippen LogP contribution in [-0.2, 0) is 4.79 Å². The Kier molecular flexibility index (Phi) is 5.86. The Balaban J connectivity index is 1.77. The second-order valence-corrected chi connectivity index (χ2v) is 7.61. The highest BCUT2D eigenvalue weighted by molar-refractivity contribution is 5.78. The van der Waals surface area contributed by atoms with Crippen molar-refractivity contribution < 1.29 is 9.90 Å². The molecule has 2 aliphatic rings. The Morgan fingerprint density at radius 1 is 1.00 bits per heavy atom. The zero-order valence-electron chi connectivity index (χ0n) is 14.7. The molecule has 0 atom stereocenters. The van der Waals surface area contributed by atoms with E-state index in [1.165, 1.54) is 0 Å². The van der Waals surface area contributed by atoms with E-state index in [1.54, 1.807) is 0 Å². The average Bonchev–Trinajstić information content (AvgIpc) is 2.47. The first-order valence-corrected chi connectivity index (χ1v) is 8.78. The molecule has 5 nitrogen and oxygen atoms in total. The number of carbonyl (C=O) groups is 1. The number of piperazine rings is 1. The van der Waals surface area contributed by atoms with Crippen LogP contribution in [0.3, 0.4) is 0 Å². The van der Waals surface area contributed by atoms with Crippen molar-refractivity contribution in [2.45, 2.75) is 52.2 Å². The number of carbonyl (C=O) groups excluding carboxylic acids is 1. The molecule has 0 aromatic heterocycles. The van der Waals surface area contributed by atoms with Crippen molar-refractivity contribution in [2.75, 3.05) is 45.8 Å². The van der Waals surface area contributed by atoms with Crippen LogP contribution >= 0.6 is 0 Å². The van der Waals surface area contributed by atoms with Gasteiger partial charge in [0.05, 0.1) is 5.60 Å². The van der Waals surface area contributed by atoms with Crippen molar-refractivity contribution in [3.05, 3.63) is 0 Å². The van der Waals surface area contributed by atoms with E-state index >= 15 is 0 Å². The van der Waals surface area contributed by atoms with Crippen LogP contribution in [-0.4, -0.2) is 83.2 Å². The molecule has 2 fully saturated rings. The first-order valence-electron chi connectivity index (χ1n) is 8.78. The number of hydrogen-bond acceptors (Lipinski definition) is 4. The van der Waals surface area contributed by atoms with Crippen molar-refractivity contribution in [1.29, 1.82) is 0 Å². The molecule has 0 radical (unpaired) electrons. The molecular weight excluding hydrogens is 278 g/mol. The maximum Gasteiger partial charge on any atom is 0.225 e. The molecule has 0 aromatic carbocycles. The molecule has 5 heteroatoms. The molecule has 0 saturated carbocycles. The second kappa shape index (κ2) is 7.28. The summed E-state index contributed by atoms with van der Waals surface area (Å²) >= 11 is 0. The van der Waals surface area contributed by atoms with Crippen LogP contribution in [0.5, 0.6) is 0 Å². The predicted octanol–water partition coefficient (Wildman–Crippen LogP) is 1.02. The van der Waals surface area contributed by atoms with Crippen molar-refractivity contribution in [2.24, 2.45) is 5.92 Å². The van der Waals surface area contributed by atoms with Gasteiger partial charge >= 0.3 is 0 Å². The third kappa shape index (κ3) is 4.43. The van der Waals surface area contributed by atoms with Crippen LogP contribution < -0.4 is 0 Å². The Morgan fingerprint density at radius 3 is 2.00 bits per heavy atom. The maximum absolute atomic E-state index is 12.0. The van der Waals surface area contributed by atoms with E-state index in [0.29, 0.717) is 6.04 Å². The summed E-state index contributed by atoms with van der Waals surface area (Å²) in [6.45, 7) is 14.4. The fraction of sp³-hybridized carbons (Fsp3) is 0.941. The number of amides is 1. The molecule has 0 aromatic rings. The molecule has 1 amide bonds. The summed E-state index contributed by atoms with van der Waals surface area (Å²) in [6, 6.07) is 0.565. The van der Waals surface area contributed by atoms with Crippen molar-refractivity contribution in [3.63, 3.8) is 0 Å². The normalized spacial score (nSPS) is 24.2. The molecule has 0 spiro atoms. The quantitative estimate of drug-likeness (QED) is 0.842. The standard InChI is InChI=1S/C17H33N3O2/c1-14(2)16(21)20-11-9-18(10-12-20)13-17(22)5-7-19(8-6-17)15(3)4/h14-15,22H,5-13H2,1-4H3. The lowest BCUT2D eigenvalue weighted by Crippen LogP contribution is -2.56. The highest BCUT2D eigenvalue weighted by Crippen LogP contribution is 2.25. The van der Waals surface area contributed by atoms with Crippen LogP contribution in [0.15, 0.2) is 0 Å². The molecule has 2 heterocycles. The summed E-state index contributed by atoms with van der Waals surface area (Å²) in [7, 11) is 0. The van der Waals surface area contributed by atoms with E-state index in [0.717, 1.165) is 58.7 Å². The predicted molar refractivity (Wildman–Crippen MR) is 88.8 cm³/mol. The molecule has 0 unspecified atom stereocenters. The third-order valence-corrected chi connectivity index (χ3v) is 5.15. The summed E-state index contributed by atoms with van der Waals surface area (Å²) in [5.74, 6) is 0.333. The van der Waals surface area contributed by atoms with E-state index in [4.69, 9.17) is 0 Å². The number of rotatable bonds is 4. The number of piperidine rings is 1. The van der Waals surface area contributed by atoms with Gasteiger partial charge < -0.3 is 14.9 Å². The average molecular weight is 311 g/mol. The maximum atomic E-state index is 12.0. The number of nitrogens with zero attached hydrogens (tertiary/aromatic N) is 3. The van der Waals surface area contributed by atoms with Gasteiger partial charge in [0.15, 0.2) is 0 Å². The van der Waals surface area contributed by atoms with Crippen molar-refractivity contribution in [3.8, 4) is 0 Å². The highest BCUT2D eigenvalue weighted by atomic mass is 16.3. The molecule has 2 aliphatic heterocycles. The molecule has 128 valence electrons. The molecule has 2 saturated heterocycles. The summed E-state index contributed by atoms with van der Waals surface area (Å²) in [5, 5.41) is 10.8. The first kappa shape index (κ1) is 17.7. The Labute approximate surface area is 135 Å². The Morgan fingerprint density at radius 2 is 1.55 bits per heavy atom. The van der Waals surface area contributed by atoms with Gasteiger partial charge in [-0.3, -0.25) is 9.69 Å². The molecule has 0 aliphatic carbocycles. The SMILES string of the molecule is CC(C)C(=O)N1CCN(CC2(O)CCN(C(C)C)CC2)CC1. The Hall–Kier alpha value is -0.650. The fourth-order valence-corrected chi connectivity index (χ4v) is 3.52. The van der Waals surface area contributed by atoms with E-state index in [-0.39, 0.29) is 11.8 Å². The Bertz CT molecular complexity index is 368. The minimum atomic E-state index is -0.546. The minimum absolute atomic E-state index is 0.0797. The van der Waals surface area contributed by atoms with Crippen LogP contribution in [0.25, 0.3) is 0 Å². The molecule has 2 rings (SSSR count). The monoisotopic (exact) mass is 311 g/mol. The number of likely N-dealkylation sites (tertiary alicyclic amines) is 1. The lowest BCUT2D eigenvalue weighted by Gasteiger charge is -2.44. The van der Waals surface area contributed by atoms with Gasteiger partial charge in [0.25, 0.3) is 0 Å². The molecule has 22 heavy (non-hydrogen) atoms. The van der Waals surface area contributed by atoms with Crippen LogP contribution in [0.2, 0.25) is 0 Å². The zero-order valence-corrected chi connectivity index (χ0v) is 14.7. The summed E-state index contributed by atoms with van der Waals surface area (Å²) < 4.78 is 0. The van der Waals surface area contributed by atoms with Crippen LogP contribution in [0.4, 0.5) is 0 Å². The van der Waals surface area contributed by atoms with E-state index < -0.39 is 5.60 Å². The fourth-order valence-electron chi connectivity index (χ4n) is 3.52. The number of hydrogen-bond donors (Lipinski definition) is 1. The summed E-state index contributed by atoms with van der Waals surface area (Å²) in [5.41, 5.74) is -0.546. The van der Waals surface area contributed by atoms with Gasteiger partial charge in [0.2, 0.25) is 5.91 Å². The smallest absolute Gasteiger partial charge is 0.225 e. The number of aliphatic hydroxyl groups is 1. The topological polar surface area (TPSA) is 47.0 Å². The summed E-state index contributed by atoms with van der Waals surface area (Å²) in [4.78, 5) is 18.7. The van der Waals surface area contributed by atoms with Crippen molar-refractivity contribution in [1.82, 2.24) is 14.7 Å². The number of β-amino-alcohol motifs (C(OH)–C–C–N with tert-alkyl or cyclic N) is 1. The van der Waals surface area contributed by atoms with Gasteiger partial charge in [0.1, 0.15) is 0 Å². The van der Waals surface area contributed by atoms with Gasteiger partial charge in [-0.1, -0.05) is 13.8 Å². The molecule has 0 bridgehead atoms. The lowest BCUT2D eigenvalue weighted by molar-refractivity contribution is -0.136. The van der Waals surface area contributed by atoms with Crippen LogP contribution in [0, 0.1) is 5.92 Å². The van der Waals surface area contributed by atoms with E-state index in [9.17, 15) is 9.90 Å². The van der Waals surface area contributed by atoms with Gasteiger partial charge in [-0.15, -0.1) is 0 Å². The third-order valence-electron chi connectivity index (χ3n) is 5.15. The largest absolute Gasteiger partial charge is 0.388 e. The second-order valence-electron chi connectivity index (χ2n) is 7.61. The molecule has 1 N–H and O–H groups in total. The van der Waals surface area contributed by atoms with E-state index in [2.05, 4.69) is 23.6 Å². The van der Waals surface area contributed by atoms with Gasteiger partial charge in [-0.2, -0.15) is 0 Å². The van der Waals surface area contributed by atoms with E-state index in [1.807, 2.05) is 18.7 Å².